The van der Waals surface area contributed by atoms with E-state index in [1.807, 2.05) is 0 Å². The average molecular weight is 432 g/mol. The van der Waals surface area contributed by atoms with Crippen molar-refractivity contribution in [1.29, 1.82) is 0 Å². The van der Waals surface area contributed by atoms with Crippen LogP contribution in [0.1, 0.15) is 32.1 Å². The van der Waals surface area contributed by atoms with Crippen molar-refractivity contribution in [3.63, 3.8) is 0 Å². The number of nitrogens with two attached hydrogens (primary N) is 2. The molecule has 1 fully saturated rings. The van der Waals surface area contributed by atoms with Crippen LogP contribution in [0.15, 0.2) is 31.5 Å². The normalized spacial score (nSPS) is 20.4. The van der Waals surface area contributed by atoms with Gasteiger partial charge < -0.3 is 11.5 Å². The lowest BCUT2D eigenvalue weighted by Gasteiger charge is -2.45. The Labute approximate surface area is 154 Å². The number of halogens is 2. The van der Waals surface area contributed by atoms with E-state index >= 15 is 0 Å². The highest BCUT2D eigenvalue weighted by atomic mass is 79.9. The summed E-state index contributed by atoms with van der Waals surface area (Å²) in [4.78, 5) is 9.87. The lowest BCUT2D eigenvalue weighted by atomic mass is 9.87. The third kappa shape index (κ3) is 3.24. The molecule has 10 heteroatoms. The summed E-state index contributed by atoms with van der Waals surface area (Å²) >= 11 is 3.21. The van der Waals surface area contributed by atoms with Gasteiger partial charge in [-0.3, -0.25) is 4.90 Å². The topological polar surface area (TPSA) is 114 Å². The molecule has 1 heterocycles. The van der Waals surface area contributed by atoms with Gasteiger partial charge in [0.05, 0.1) is 10.6 Å². The van der Waals surface area contributed by atoms with Crippen molar-refractivity contribution < 1.29 is 12.8 Å². The Morgan fingerprint density at radius 1 is 1.24 bits per heavy atom. The van der Waals surface area contributed by atoms with Crippen molar-refractivity contribution in [3.8, 4) is 0 Å². The summed E-state index contributed by atoms with van der Waals surface area (Å²) in [7, 11) is -3.57. The van der Waals surface area contributed by atoms with Crippen LogP contribution in [0.4, 0.5) is 10.1 Å². The van der Waals surface area contributed by atoms with Gasteiger partial charge in [0.2, 0.25) is 11.9 Å². The van der Waals surface area contributed by atoms with Crippen LogP contribution in [0.25, 0.3) is 0 Å². The van der Waals surface area contributed by atoms with Crippen LogP contribution in [-0.2, 0) is 9.84 Å². The molecule has 0 unspecified atom stereocenters. The first kappa shape index (κ1) is 18.1. The van der Waals surface area contributed by atoms with Gasteiger partial charge in [-0.05, 0) is 53.7 Å². The predicted molar refractivity (Wildman–Crippen MR) is 98.7 cm³/mol. The van der Waals surface area contributed by atoms with E-state index in [4.69, 9.17) is 11.5 Å². The summed E-state index contributed by atoms with van der Waals surface area (Å²) < 4.78 is 38.7. The zero-order valence-corrected chi connectivity index (χ0v) is 16.1. The Morgan fingerprint density at radius 2 is 1.88 bits per heavy atom. The molecule has 1 saturated carbocycles. The summed E-state index contributed by atoms with van der Waals surface area (Å²) in [5.74, 6) is -0.586. The molecule has 1 aliphatic carbocycles. The van der Waals surface area contributed by atoms with E-state index in [1.54, 1.807) is 0 Å². The summed E-state index contributed by atoms with van der Waals surface area (Å²) in [6.07, 6.45) is 5.22. The molecule has 1 aromatic rings. The lowest BCUT2D eigenvalue weighted by Crippen LogP contribution is -2.58. The summed E-state index contributed by atoms with van der Waals surface area (Å²) in [5.41, 5.74) is 11.2. The van der Waals surface area contributed by atoms with Gasteiger partial charge in [-0.1, -0.05) is 6.42 Å². The molecule has 1 aliphatic heterocycles. The Kier molecular flexibility index (Phi) is 4.52. The minimum Gasteiger partial charge on any atom is -0.369 e. The largest absolute Gasteiger partial charge is 0.369 e. The number of guanidine groups is 2. The van der Waals surface area contributed by atoms with E-state index in [-0.39, 0.29) is 27.0 Å². The monoisotopic (exact) mass is 431 g/mol. The number of nitrogens with zero attached hydrogens (tertiary/aromatic N) is 3. The van der Waals surface area contributed by atoms with Crippen molar-refractivity contribution in [3.05, 3.63) is 22.4 Å². The summed E-state index contributed by atoms with van der Waals surface area (Å²) in [5, 5.41) is 0. The SMILES string of the molecule is CS(=O)(=O)c1cc(F)c(N2C(N)=NC(N)=NC23CCCCC3)cc1Br. The highest BCUT2D eigenvalue weighted by Gasteiger charge is 2.43. The van der Waals surface area contributed by atoms with Crippen LogP contribution in [0.2, 0.25) is 0 Å². The third-order valence-corrected chi connectivity index (χ3v) is 6.55. The van der Waals surface area contributed by atoms with E-state index in [0.29, 0.717) is 12.8 Å². The molecule has 0 amide bonds. The van der Waals surface area contributed by atoms with Crippen LogP contribution in [0, 0.1) is 5.82 Å². The van der Waals surface area contributed by atoms with Gasteiger partial charge in [0.15, 0.2) is 9.84 Å². The maximum atomic E-state index is 14.8. The first-order valence-electron chi connectivity index (χ1n) is 7.83. The lowest BCUT2D eigenvalue weighted by molar-refractivity contribution is 0.304. The summed E-state index contributed by atoms with van der Waals surface area (Å²) in [6.45, 7) is 0. The van der Waals surface area contributed by atoms with Crippen LogP contribution in [0.3, 0.4) is 0 Å². The van der Waals surface area contributed by atoms with Crippen molar-refractivity contribution in [2.45, 2.75) is 42.7 Å². The van der Waals surface area contributed by atoms with Gasteiger partial charge in [-0.25, -0.2) is 17.8 Å². The molecule has 0 aromatic heterocycles. The maximum Gasteiger partial charge on any atom is 0.220 e. The Morgan fingerprint density at radius 3 is 2.48 bits per heavy atom. The number of anilines is 1. The molecule has 2 aliphatic rings. The molecule has 3 rings (SSSR count). The fourth-order valence-corrected chi connectivity index (χ4v) is 5.39. The number of sulfone groups is 1. The van der Waals surface area contributed by atoms with E-state index in [9.17, 15) is 12.8 Å². The van der Waals surface area contributed by atoms with Gasteiger partial charge in [-0.2, -0.15) is 4.99 Å². The molecule has 0 radical (unpaired) electrons. The standard InChI is InChI=1S/C15H19BrFN5O2S/c1-25(23,24)12-8-10(17)11(7-9(12)16)22-14(19)20-13(18)21-15(22)5-3-2-4-6-15/h7-8H,2-6H2,1H3,(H4,18,19,20,21). The van der Waals surface area contributed by atoms with Crippen molar-refractivity contribution in [1.82, 2.24) is 0 Å². The van der Waals surface area contributed by atoms with Gasteiger partial charge in [-0.15, -0.1) is 0 Å². The number of hydrogen-bond donors (Lipinski definition) is 2. The maximum absolute atomic E-state index is 14.8. The number of aliphatic imine (C=N–C) groups is 2. The molecule has 25 heavy (non-hydrogen) atoms. The van der Waals surface area contributed by atoms with Gasteiger partial charge in [0, 0.05) is 10.7 Å². The molecule has 0 atom stereocenters. The molecule has 1 spiro atoms. The van der Waals surface area contributed by atoms with E-state index in [2.05, 4.69) is 25.9 Å². The zero-order chi connectivity index (χ0) is 18.4. The Bertz CT molecular complexity index is 878. The smallest absolute Gasteiger partial charge is 0.220 e. The predicted octanol–water partition coefficient (Wildman–Crippen LogP) is 2.10. The Hall–Kier alpha value is -1.68. The second kappa shape index (κ2) is 6.24. The van der Waals surface area contributed by atoms with Gasteiger partial charge in [0.25, 0.3) is 0 Å². The molecular formula is C15H19BrFN5O2S. The molecule has 1 aromatic carbocycles. The van der Waals surface area contributed by atoms with Crippen LogP contribution in [-0.4, -0.2) is 32.3 Å². The van der Waals surface area contributed by atoms with E-state index in [1.165, 1.54) is 11.0 Å². The van der Waals surface area contributed by atoms with Gasteiger partial charge >= 0.3 is 0 Å². The first-order valence-corrected chi connectivity index (χ1v) is 10.5. The molecule has 4 N–H and O–H groups in total. The highest BCUT2D eigenvalue weighted by molar-refractivity contribution is 9.10. The fraction of sp³-hybridized carbons (Fsp3) is 0.467. The molecule has 0 bridgehead atoms. The van der Waals surface area contributed by atoms with Crippen LogP contribution < -0.4 is 16.4 Å². The Balaban J connectivity index is 2.17. The van der Waals surface area contributed by atoms with Crippen LogP contribution >= 0.6 is 15.9 Å². The van der Waals surface area contributed by atoms with E-state index in [0.717, 1.165) is 31.6 Å². The van der Waals surface area contributed by atoms with Crippen molar-refractivity contribution in [2.24, 2.45) is 21.5 Å². The van der Waals surface area contributed by atoms with Crippen molar-refractivity contribution in [2.75, 3.05) is 11.2 Å². The fourth-order valence-electron chi connectivity index (χ4n) is 3.44. The van der Waals surface area contributed by atoms with E-state index < -0.39 is 21.3 Å². The molecular weight excluding hydrogens is 413 g/mol. The zero-order valence-electron chi connectivity index (χ0n) is 13.7. The first-order chi connectivity index (χ1) is 11.6. The molecule has 0 saturated heterocycles. The minimum atomic E-state index is -3.57. The summed E-state index contributed by atoms with van der Waals surface area (Å²) in [6, 6.07) is 2.39. The second-order valence-corrected chi connectivity index (χ2v) is 9.16. The highest BCUT2D eigenvalue weighted by Crippen LogP contribution is 2.41. The van der Waals surface area contributed by atoms with Crippen molar-refractivity contribution >= 4 is 43.4 Å². The minimum absolute atomic E-state index is 0.0484. The molecule has 136 valence electrons. The van der Waals surface area contributed by atoms with Gasteiger partial charge in [0.1, 0.15) is 11.5 Å². The number of benzene rings is 1. The third-order valence-electron chi connectivity index (χ3n) is 4.49. The number of rotatable bonds is 2. The van der Waals surface area contributed by atoms with Crippen LogP contribution in [0.5, 0.6) is 0 Å². The quantitative estimate of drug-likeness (QED) is 0.743. The second-order valence-electron chi connectivity index (χ2n) is 6.32. The molecule has 7 nitrogen and oxygen atoms in total. The number of hydrogen-bond acceptors (Lipinski definition) is 7. The average Bonchev–Trinajstić information content (AvgIpc) is 2.49.